The fraction of sp³-hybridized carbons (Fsp3) is 0.294. The van der Waals surface area contributed by atoms with Gasteiger partial charge in [-0.3, -0.25) is 4.79 Å². The summed E-state index contributed by atoms with van der Waals surface area (Å²) in [5.74, 6) is 2.05. The van der Waals surface area contributed by atoms with Crippen molar-refractivity contribution >= 4 is 58.1 Å². The molecule has 0 bridgehead atoms. The molecule has 0 saturated carbocycles. The van der Waals surface area contributed by atoms with E-state index in [2.05, 4.69) is 15.2 Å². The summed E-state index contributed by atoms with van der Waals surface area (Å²) in [6.07, 6.45) is 3.19. The zero-order valence-corrected chi connectivity index (χ0v) is 15.7. The van der Waals surface area contributed by atoms with Crippen LogP contribution in [-0.4, -0.2) is 35.5 Å². The van der Waals surface area contributed by atoms with Gasteiger partial charge in [-0.2, -0.15) is 11.8 Å². The smallest absolute Gasteiger partial charge is 0.248 e. The van der Waals surface area contributed by atoms with E-state index in [1.54, 1.807) is 23.5 Å². The number of carbonyl (C=O) groups is 1. The normalized spacial score (nSPS) is 15.0. The minimum absolute atomic E-state index is 0.196. The van der Waals surface area contributed by atoms with Crippen molar-refractivity contribution in [1.82, 2.24) is 4.98 Å². The lowest BCUT2D eigenvalue weighted by Crippen LogP contribution is -2.32. The van der Waals surface area contributed by atoms with Crippen LogP contribution in [0.4, 0.5) is 11.4 Å². The molecule has 0 spiro atoms. The monoisotopic (exact) mass is 379 g/mol. The summed E-state index contributed by atoms with van der Waals surface area (Å²) in [5.41, 5.74) is 2.52. The molecule has 2 aromatic rings. The zero-order chi connectivity index (χ0) is 16.9. The number of amides is 1. The van der Waals surface area contributed by atoms with Crippen molar-refractivity contribution in [2.24, 2.45) is 0 Å². The van der Waals surface area contributed by atoms with Crippen LogP contribution < -0.4 is 10.2 Å². The van der Waals surface area contributed by atoms with Gasteiger partial charge < -0.3 is 10.2 Å². The van der Waals surface area contributed by atoms with Crippen molar-refractivity contribution in [3.05, 3.63) is 45.4 Å². The third-order valence-electron chi connectivity index (χ3n) is 3.61. The Kier molecular flexibility index (Phi) is 5.81. The van der Waals surface area contributed by atoms with Gasteiger partial charge in [0.15, 0.2) is 0 Å². The number of nitrogens with zero attached hydrogens (tertiary/aromatic N) is 2. The molecule has 1 aromatic carbocycles. The number of benzene rings is 1. The second-order valence-corrected chi connectivity index (χ2v) is 8.07. The molecule has 1 N–H and O–H groups in total. The first-order chi connectivity index (χ1) is 11.6. The van der Waals surface area contributed by atoms with E-state index in [9.17, 15) is 4.79 Å². The van der Waals surface area contributed by atoms with E-state index >= 15 is 0 Å². The van der Waals surface area contributed by atoms with Gasteiger partial charge in [0.2, 0.25) is 5.91 Å². The van der Waals surface area contributed by atoms with Crippen molar-refractivity contribution < 1.29 is 4.79 Å². The Morgan fingerprint density at radius 2 is 2.17 bits per heavy atom. The standard InChI is InChI=1S/C17H18ClN3OS2/c1-12-19-14(11-24-12)3-5-17(22)20-13-2-4-16(15(18)10-13)21-6-8-23-9-7-21/h2-5,10-11H,6-9H2,1H3,(H,20,22)/b5-3+. The Morgan fingerprint density at radius 3 is 2.83 bits per heavy atom. The SMILES string of the molecule is Cc1nc(/C=C/C(=O)Nc2ccc(N3CCSCC3)c(Cl)c2)cs1. The van der Waals surface area contributed by atoms with Gasteiger partial charge in [0.1, 0.15) is 0 Å². The summed E-state index contributed by atoms with van der Waals surface area (Å²) in [7, 11) is 0. The molecule has 2 heterocycles. The highest BCUT2D eigenvalue weighted by molar-refractivity contribution is 7.99. The van der Waals surface area contributed by atoms with E-state index in [1.165, 1.54) is 6.08 Å². The van der Waals surface area contributed by atoms with Crippen LogP contribution in [0.2, 0.25) is 5.02 Å². The number of nitrogens with one attached hydrogen (secondary N) is 1. The van der Waals surface area contributed by atoms with Gasteiger partial charge in [0, 0.05) is 41.7 Å². The second-order valence-electron chi connectivity index (χ2n) is 5.38. The van der Waals surface area contributed by atoms with Gasteiger partial charge in [-0.05, 0) is 31.2 Å². The van der Waals surface area contributed by atoms with Crippen molar-refractivity contribution in [2.75, 3.05) is 34.8 Å². The fourth-order valence-corrected chi connectivity index (χ4v) is 4.23. The average molecular weight is 380 g/mol. The predicted molar refractivity (Wildman–Crippen MR) is 106 cm³/mol. The molecule has 1 amide bonds. The molecule has 24 heavy (non-hydrogen) atoms. The van der Waals surface area contributed by atoms with Crippen LogP contribution in [0.3, 0.4) is 0 Å². The molecule has 1 aliphatic heterocycles. The van der Waals surface area contributed by atoms with Gasteiger partial charge in [-0.15, -0.1) is 11.3 Å². The molecule has 1 saturated heterocycles. The first-order valence-corrected chi connectivity index (χ1v) is 10.1. The molecule has 0 unspecified atom stereocenters. The van der Waals surface area contributed by atoms with Gasteiger partial charge in [0.25, 0.3) is 0 Å². The Bertz CT molecular complexity index is 754. The first-order valence-electron chi connectivity index (χ1n) is 7.65. The highest BCUT2D eigenvalue weighted by Crippen LogP contribution is 2.30. The zero-order valence-electron chi connectivity index (χ0n) is 13.3. The molecule has 7 heteroatoms. The maximum Gasteiger partial charge on any atom is 0.248 e. The van der Waals surface area contributed by atoms with Crippen molar-refractivity contribution in [1.29, 1.82) is 0 Å². The van der Waals surface area contributed by atoms with E-state index in [0.29, 0.717) is 10.7 Å². The molecule has 3 rings (SSSR count). The molecule has 0 atom stereocenters. The summed E-state index contributed by atoms with van der Waals surface area (Å²) in [5, 5.41) is 6.40. The maximum absolute atomic E-state index is 12.0. The molecule has 0 aliphatic carbocycles. The van der Waals surface area contributed by atoms with Gasteiger partial charge in [-0.25, -0.2) is 4.98 Å². The number of aromatic nitrogens is 1. The second kappa shape index (κ2) is 8.05. The highest BCUT2D eigenvalue weighted by Gasteiger charge is 2.14. The predicted octanol–water partition coefficient (Wildman–Crippen LogP) is 4.31. The Hall–Kier alpha value is -1.50. The van der Waals surface area contributed by atoms with E-state index in [4.69, 9.17) is 11.6 Å². The summed E-state index contributed by atoms with van der Waals surface area (Å²) < 4.78 is 0. The summed E-state index contributed by atoms with van der Waals surface area (Å²) in [6.45, 7) is 3.95. The summed E-state index contributed by atoms with van der Waals surface area (Å²) >= 11 is 9.92. The van der Waals surface area contributed by atoms with Crippen molar-refractivity contribution in [3.8, 4) is 0 Å². The highest BCUT2D eigenvalue weighted by atomic mass is 35.5. The third kappa shape index (κ3) is 4.53. The van der Waals surface area contributed by atoms with Crippen LogP contribution in [-0.2, 0) is 4.79 Å². The third-order valence-corrected chi connectivity index (χ3v) is 5.65. The molecular formula is C17H18ClN3OS2. The topological polar surface area (TPSA) is 45.2 Å². The largest absolute Gasteiger partial charge is 0.369 e. The first kappa shape index (κ1) is 17.3. The van der Waals surface area contributed by atoms with Crippen LogP contribution in [0.25, 0.3) is 6.08 Å². The summed E-state index contributed by atoms with van der Waals surface area (Å²) in [6, 6.07) is 5.67. The number of thioether (sulfide) groups is 1. The molecule has 1 aliphatic rings. The quantitative estimate of drug-likeness (QED) is 0.804. The van der Waals surface area contributed by atoms with Gasteiger partial charge in [0.05, 0.1) is 21.4 Å². The molecule has 1 aromatic heterocycles. The van der Waals surface area contributed by atoms with Gasteiger partial charge >= 0.3 is 0 Å². The number of anilines is 2. The number of hydrogen-bond acceptors (Lipinski definition) is 5. The van der Waals surface area contributed by atoms with E-state index < -0.39 is 0 Å². The lowest BCUT2D eigenvalue weighted by molar-refractivity contribution is -0.111. The van der Waals surface area contributed by atoms with Crippen molar-refractivity contribution in [3.63, 3.8) is 0 Å². The van der Waals surface area contributed by atoms with E-state index in [-0.39, 0.29) is 5.91 Å². The van der Waals surface area contributed by atoms with Gasteiger partial charge in [-0.1, -0.05) is 11.6 Å². The van der Waals surface area contributed by atoms with Crippen LogP contribution >= 0.6 is 34.7 Å². The van der Waals surface area contributed by atoms with E-state index in [0.717, 1.165) is 41.0 Å². The minimum atomic E-state index is -0.196. The number of hydrogen-bond donors (Lipinski definition) is 1. The minimum Gasteiger partial charge on any atom is -0.369 e. The number of thiazole rings is 1. The van der Waals surface area contributed by atoms with E-state index in [1.807, 2.05) is 36.2 Å². The Morgan fingerprint density at radius 1 is 1.38 bits per heavy atom. The molecule has 4 nitrogen and oxygen atoms in total. The van der Waals surface area contributed by atoms with Crippen LogP contribution in [0.1, 0.15) is 10.7 Å². The molecule has 126 valence electrons. The number of halogens is 1. The maximum atomic E-state index is 12.0. The Balaban J connectivity index is 1.63. The molecular weight excluding hydrogens is 362 g/mol. The lowest BCUT2D eigenvalue weighted by Gasteiger charge is -2.29. The molecule has 0 radical (unpaired) electrons. The number of aryl methyl sites for hydroxylation is 1. The Labute approximate surface area is 154 Å². The van der Waals surface area contributed by atoms with Crippen molar-refractivity contribution in [2.45, 2.75) is 6.92 Å². The number of rotatable bonds is 4. The fourth-order valence-electron chi connectivity index (χ4n) is 2.45. The lowest BCUT2D eigenvalue weighted by atomic mass is 10.2. The van der Waals surface area contributed by atoms with Crippen LogP contribution in [0.5, 0.6) is 0 Å². The summed E-state index contributed by atoms with van der Waals surface area (Å²) in [4.78, 5) is 18.6. The van der Waals surface area contributed by atoms with Crippen LogP contribution in [0.15, 0.2) is 29.7 Å². The number of carbonyl (C=O) groups excluding carboxylic acids is 1. The molecule has 1 fully saturated rings. The average Bonchev–Trinajstić information content (AvgIpc) is 2.99. The van der Waals surface area contributed by atoms with Crippen LogP contribution in [0, 0.1) is 6.92 Å².